The molecule has 0 saturated heterocycles. The molecule has 4 N–H and O–H groups in total. The van der Waals surface area contributed by atoms with Crippen molar-refractivity contribution in [2.24, 2.45) is 0 Å². The number of rotatable bonds is 43. The fraction of sp³-hybridized carbons (Fsp3) is 0.660. The van der Waals surface area contributed by atoms with Crippen molar-refractivity contribution in [2.75, 3.05) is 13.2 Å². The third kappa shape index (κ3) is 42.7. The Morgan fingerprint density at radius 2 is 0.968 bits per heavy atom. The second-order valence-electron chi connectivity index (χ2n) is 16.2. The normalized spacial score (nSPS) is 13.2. The van der Waals surface area contributed by atoms with Gasteiger partial charge in [0.25, 0.3) is 0 Å². The van der Waals surface area contributed by atoms with Crippen LogP contribution in [-0.2, 0) is 23.9 Å². The van der Waals surface area contributed by atoms with Crippen molar-refractivity contribution >= 4 is 23.8 Å². The van der Waals surface area contributed by atoms with Gasteiger partial charge in [0.15, 0.2) is 0 Å². The maximum Gasteiger partial charge on any atom is 0.328 e. The zero-order valence-corrected chi connectivity index (χ0v) is 39.1. The molecule has 0 aromatic heterocycles. The van der Waals surface area contributed by atoms with Gasteiger partial charge in [-0.15, -0.1) is 0 Å². The number of allylic oxidation sites excluding steroid dienone is 13. The standard InChI is InChI=1S/C53H88N2O7/c1-3-5-7-9-11-13-15-16-17-18-19-20-21-22-23-24-25-26-28-30-32-37-41-45-52(59)62-48(42-38-34-31-29-27-14-12-10-8-6-4-2)43-39-35-33-36-40-44-50(57)54-46-51(58)55-49(47-56)53(60)61/h6,8,12,14-16,18-19,21-22,29,31,38,42,48-49,56H,3-5,7,9-11,13,17,20,23-28,30,32-37,39-41,43-47H2,1-2H3,(H,54,57)(H,55,58)(H,60,61)/b8-6-,14-12-,16-15-,19-18-,22-21-,31-29-,42-38-. The number of carbonyl (C=O) groups is 4. The van der Waals surface area contributed by atoms with E-state index in [1.165, 1.54) is 70.6 Å². The average Bonchev–Trinajstić information content (AvgIpc) is 3.26. The van der Waals surface area contributed by atoms with Gasteiger partial charge in [0.2, 0.25) is 11.8 Å². The smallest absolute Gasteiger partial charge is 0.328 e. The molecule has 0 aliphatic heterocycles. The van der Waals surface area contributed by atoms with Crippen molar-refractivity contribution < 1.29 is 34.1 Å². The lowest BCUT2D eigenvalue weighted by molar-refractivity contribution is -0.147. The molecule has 9 nitrogen and oxygen atoms in total. The molecular weight excluding hydrogens is 777 g/mol. The summed E-state index contributed by atoms with van der Waals surface area (Å²) in [5, 5.41) is 22.6. The number of carboxylic acids is 1. The van der Waals surface area contributed by atoms with Crippen LogP contribution in [0.4, 0.5) is 0 Å². The van der Waals surface area contributed by atoms with Crippen molar-refractivity contribution in [1.82, 2.24) is 10.6 Å². The predicted octanol–water partition coefficient (Wildman–Crippen LogP) is 12.8. The molecule has 0 aromatic rings. The number of unbranched alkanes of at least 4 members (excludes halogenated alkanes) is 17. The molecule has 0 radical (unpaired) electrons. The first-order valence-corrected chi connectivity index (χ1v) is 24.5. The van der Waals surface area contributed by atoms with Gasteiger partial charge in [-0.3, -0.25) is 14.4 Å². The molecule has 0 heterocycles. The second-order valence-corrected chi connectivity index (χ2v) is 16.2. The summed E-state index contributed by atoms with van der Waals surface area (Å²) in [6, 6.07) is -1.39. The van der Waals surface area contributed by atoms with E-state index in [9.17, 15) is 19.2 Å². The highest BCUT2D eigenvalue weighted by Gasteiger charge is 2.18. The molecule has 0 saturated carbocycles. The number of aliphatic hydroxyl groups excluding tert-OH is 1. The number of carbonyl (C=O) groups excluding carboxylic acids is 3. The molecule has 0 spiro atoms. The molecule has 352 valence electrons. The van der Waals surface area contributed by atoms with E-state index in [-0.39, 0.29) is 30.9 Å². The Bertz CT molecular complexity index is 1310. The third-order valence-electron chi connectivity index (χ3n) is 10.4. The number of aliphatic hydroxyl groups is 1. The van der Waals surface area contributed by atoms with Gasteiger partial charge >= 0.3 is 11.9 Å². The lowest BCUT2D eigenvalue weighted by atomic mass is 10.1. The minimum atomic E-state index is -1.39. The Morgan fingerprint density at radius 1 is 0.516 bits per heavy atom. The first-order valence-electron chi connectivity index (χ1n) is 24.5. The molecule has 0 aliphatic rings. The molecule has 62 heavy (non-hydrogen) atoms. The highest BCUT2D eigenvalue weighted by Crippen LogP contribution is 2.15. The van der Waals surface area contributed by atoms with Crippen molar-refractivity contribution in [2.45, 2.75) is 212 Å². The van der Waals surface area contributed by atoms with E-state index >= 15 is 0 Å². The van der Waals surface area contributed by atoms with Gasteiger partial charge in [-0.05, 0) is 96.0 Å². The highest BCUT2D eigenvalue weighted by molar-refractivity contribution is 5.87. The topological polar surface area (TPSA) is 142 Å². The number of hydrogen-bond donors (Lipinski definition) is 4. The monoisotopic (exact) mass is 865 g/mol. The van der Waals surface area contributed by atoms with E-state index in [1.807, 2.05) is 6.08 Å². The number of hydrogen-bond acceptors (Lipinski definition) is 6. The molecule has 0 bridgehead atoms. The Balaban J connectivity index is 4.32. The zero-order valence-electron chi connectivity index (χ0n) is 39.1. The SMILES string of the molecule is CC/C=C\C/C=C\C/C=C\C/C=C\C(CCCCCCCC(=O)NCC(=O)NC(CO)C(=O)O)OC(=O)CCCCCCCCCC/C=C\C/C=C\C/C=C\CCCCCCC. The zero-order chi connectivity index (χ0) is 45.4. The quantitative estimate of drug-likeness (QED) is 0.0272. The molecule has 0 rings (SSSR count). The number of carboxylic acid groups (broad SMARTS) is 1. The van der Waals surface area contributed by atoms with Crippen LogP contribution in [0.5, 0.6) is 0 Å². The number of esters is 1. The molecule has 0 aliphatic carbocycles. The summed E-state index contributed by atoms with van der Waals surface area (Å²) >= 11 is 0. The summed E-state index contributed by atoms with van der Waals surface area (Å²) in [6.07, 6.45) is 60.7. The number of aliphatic carboxylic acids is 1. The minimum absolute atomic E-state index is 0.129. The first kappa shape index (κ1) is 58.0. The first-order chi connectivity index (χ1) is 30.3. The highest BCUT2D eigenvalue weighted by atomic mass is 16.5. The maximum absolute atomic E-state index is 12.8. The lowest BCUT2D eigenvalue weighted by Gasteiger charge is -2.15. The van der Waals surface area contributed by atoms with Crippen LogP contribution in [0.15, 0.2) is 85.1 Å². The van der Waals surface area contributed by atoms with Gasteiger partial charge in [0, 0.05) is 12.8 Å². The van der Waals surface area contributed by atoms with Crippen LogP contribution in [0.25, 0.3) is 0 Å². The molecule has 0 fully saturated rings. The van der Waals surface area contributed by atoms with Crippen LogP contribution < -0.4 is 10.6 Å². The van der Waals surface area contributed by atoms with E-state index in [0.717, 1.165) is 96.3 Å². The van der Waals surface area contributed by atoms with Gasteiger partial charge in [0.05, 0.1) is 13.2 Å². The van der Waals surface area contributed by atoms with Crippen molar-refractivity contribution in [3.8, 4) is 0 Å². The molecular formula is C53H88N2O7. The Kier molecular flexibility index (Phi) is 43.5. The Labute approximate surface area is 377 Å². The molecule has 0 aromatic carbocycles. The summed E-state index contributed by atoms with van der Waals surface area (Å²) in [7, 11) is 0. The largest absolute Gasteiger partial charge is 0.480 e. The van der Waals surface area contributed by atoms with Crippen molar-refractivity contribution in [1.29, 1.82) is 0 Å². The van der Waals surface area contributed by atoms with E-state index in [1.54, 1.807) is 0 Å². The Hall–Kier alpha value is -3.98. The fourth-order valence-corrected chi connectivity index (χ4v) is 6.63. The lowest BCUT2D eigenvalue weighted by Crippen LogP contribution is -2.47. The Morgan fingerprint density at radius 3 is 1.48 bits per heavy atom. The summed E-state index contributed by atoms with van der Waals surface area (Å²) < 4.78 is 5.93. The number of amides is 2. The van der Waals surface area contributed by atoms with Crippen LogP contribution >= 0.6 is 0 Å². The molecule has 2 amide bonds. The summed E-state index contributed by atoms with van der Waals surface area (Å²) in [5.74, 6) is -2.41. The van der Waals surface area contributed by atoms with E-state index in [2.05, 4.69) is 103 Å². The van der Waals surface area contributed by atoms with Crippen LogP contribution in [0, 0.1) is 0 Å². The predicted molar refractivity (Wildman–Crippen MR) is 259 cm³/mol. The van der Waals surface area contributed by atoms with E-state index in [0.29, 0.717) is 12.8 Å². The van der Waals surface area contributed by atoms with E-state index in [4.69, 9.17) is 14.9 Å². The van der Waals surface area contributed by atoms with Gasteiger partial charge in [-0.2, -0.15) is 0 Å². The summed E-state index contributed by atoms with van der Waals surface area (Å²) in [4.78, 5) is 47.7. The van der Waals surface area contributed by atoms with Crippen LogP contribution in [-0.4, -0.2) is 59.3 Å². The second kappa shape index (κ2) is 46.5. The number of ether oxygens (including phenoxy) is 1. The maximum atomic E-state index is 12.8. The van der Waals surface area contributed by atoms with Gasteiger partial charge < -0.3 is 25.6 Å². The molecule has 2 atom stereocenters. The fourth-order valence-electron chi connectivity index (χ4n) is 6.63. The van der Waals surface area contributed by atoms with E-state index < -0.39 is 24.5 Å². The third-order valence-corrected chi connectivity index (χ3v) is 10.4. The summed E-state index contributed by atoms with van der Waals surface area (Å²) in [6.45, 7) is 3.33. The van der Waals surface area contributed by atoms with Crippen LogP contribution in [0.1, 0.15) is 200 Å². The van der Waals surface area contributed by atoms with Crippen LogP contribution in [0.3, 0.4) is 0 Å². The number of nitrogens with one attached hydrogen (secondary N) is 2. The molecule has 2 unspecified atom stereocenters. The van der Waals surface area contributed by atoms with Gasteiger partial charge in [-0.1, -0.05) is 176 Å². The average molecular weight is 865 g/mol. The van der Waals surface area contributed by atoms with Gasteiger partial charge in [0.1, 0.15) is 12.1 Å². The summed E-state index contributed by atoms with van der Waals surface area (Å²) in [5.41, 5.74) is 0. The van der Waals surface area contributed by atoms with Crippen LogP contribution in [0.2, 0.25) is 0 Å². The molecule has 9 heteroatoms. The minimum Gasteiger partial charge on any atom is -0.480 e. The van der Waals surface area contributed by atoms with Crippen molar-refractivity contribution in [3.05, 3.63) is 85.1 Å². The van der Waals surface area contributed by atoms with Gasteiger partial charge in [-0.25, -0.2) is 4.79 Å². The van der Waals surface area contributed by atoms with Crippen molar-refractivity contribution in [3.63, 3.8) is 0 Å².